The molecule has 41 heavy (non-hydrogen) atoms. The fourth-order valence-corrected chi connectivity index (χ4v) is 9.27. The lowest BCUT2D eigenvalue weighted by Crippen LogP contribution is -2.55. The van der Waals surface area contributed by atoms with Gasteiger partial charge in [-0.2, -0.15) is 21.6 Å². The minimum absolute atomic E-state index is 0.110. The van der Waals surface area contributed by atoms with E-state index in [2.05, 4.69) is 0 Å². The maximum absolute atomic E-state index is 15.5. The smallest absolute Gasteiger partial charge is 0.416 e. The molecule has 0 bridgehead atoms. The molecular formula is C28H25F5O6S2. The minimum atomic E-state index is -4.72. The van der Waals surface area contributed by atoms with Crippen molar-refractivity contribution in [3.8, 4) is 5.75 Å². The zero-order valence-electron chi connectivity index (χ0n) is 21.6. The van der Waals surface area contributed by atoms with Crippen LogP contribution in [-0.4, -0.2) is 30.0 Å². The van der Waals surface area contributed by atoms with Crippen molar-refractivity contribution >= 4 is 20.0 Å². The summed E-state index contributed by atoms with van der Waals surface area (Å²) in [4.78, 5) is -0.623. The first-order chi connectivity index (χ1) is 19.2. The Kier molecular flexibility index (Phi) is 7.44. The number of aryl methyl sites for hydroxylation is 1. The largest absolute Gasteiger partial charge is 0.490 e. The number of fused-ring (bicyclic) bond motifs is 3. The zero-order valence-corrected chi connectivity index (χ0v) is 23.3. The topological polar surface area (TPSA) is 86.7 Å². The van der Waals surface area contributed by atoms with Crippen molar-refractivity contribution in [1.29, 1.82) is 0 Å². The number of hydrogen-bond acceptors (Lipinski definition) is 6. The summed E-state index contributed by atoms with van der Waals surface area (Å²) >= 11 is 0. The predicted molar refractivity (Wildman–Crippen MR) is 137 cm³/mol. The van der Waals surface area contributed by atoms with E-state index in [0.29, 0.717) is 12.1 Å². The molecule has 5 rings (SSSR count). The van der Waals surface area contributed by atoms with Crippen molar-refractivity contribution in [3.05, 3.63) is 89.0 Å². The van der Waals surface area contributed by atoms with Crippen LogP contribution in [0.25, 0.3) is 0 Å². The third kappa shape index (κ3) is 5.01. The van der Waals surface area contributed by atoms with Gasteiger partial charge >= 0.3 is 6.18 Å². The number of ether oxygens (including phenoxy) is 1. The molecule has 0 spiro atoms. The summed E-state index contributed by atoms with van der Waals surface area (Å²) in [6.45, 7) is 0.894. The highest BCUT2D eigenvalue weighted by Crippen LogP contribution is 2.58. The van der Waals surface area contributed by atoms with E-state index in [4.69, 9.17) is 8.92 Å². The third-order valence-corrected chi connectivity index (χ3v) is 11.8. The summed E-state index contributed by atoms with van der Waals surface area (Å²) in [5, 5.41) is 0. The van der Waals surface area contributed by atoms with E-state index in [1.165, 1.54) is 12.1 Å². The Balaban J connectivity index is 1.60. The molecule has 0 N–H and O–H groups in total. The monoisotopic (exact) mass is 616 g/mol. The van der Waals surface area contributed by atoms with Crippen LogP contribution in [0.5, 0.6) is 5.75 Å². The SMILES string of the molecule is Cc1ccc(S(=O)(=O)OC[C@@H]2CCC[C@@]3(S(=O)(=O)c4ccc(C(F)(F)F)cc4)c4c(F)ccc(F)c4OC[C@@H]23)cc1. The Morgan fingerprint density at radius 3 is 2.15 bits per heavy atom. The molecule has 1 aliphatic carbocycles. The fraction of sp³-hybridized carbons (Fsp3) is 0.357. The standard InChI is InChI=1S/C28H25F5O6S2/c1-17-4-8-21(9-5-17)41(36,37)39-15-18-3-2-14-27(22(18)16-38-26-24(30)13-12-23(29)25(26)27)40(34,35)20-10-6-19(7-11-20)28(31,32)33/h4-13,18,22H,2-3,14-16H2,1H3/t18-,22-,27-/m0/s1. The number of halogens is 5. The van der Waals surface area contributed by atoms with E-state index in [1.807, 2.05) is 0 Å². The zero-order chi connectivity index (χ0) is 29.8. The van der Waals surface area contributed by atoms with Gasteiger partial charge in [0.2, 0.25) is 0 Å². The van der Waals surface area contributed by atoms with Gasteiger partial charge in [0.15, 0.2) is 21.4 Å². The van der Waals surface area contributed by atoms with E-state index in [-0.39, 0.29) is 24.2 Å². The molecule has 1 saturated carbocycles. The highest BCUT2D eigenvalue weighted by molar-refractivity contribution is 7.92. The van der Waals surface area contributed by atoms with Gasteiger partial charge in [0.25, 0.3) is 10.1 Å². The molecule has 1 fully saturated rings. The van der Waals surface area contributed by atoms with Gasteiger partial charge in [-0.1, -0.05) is 24.1 Å². The molecule has 13 heteroatoms. The fourth-order valence-electron chi connectivity index (χ4n) is 5.87. The maximum atomic E-state index is 15.5. The predicted octanol–water partition coefficient (Wildman–Crippen LogP) is 6.18. The van der Waals surface area contributed by atoms with Crippen molar-refractivity contribution in [3.63, 3.8) is 0 Å². The molecule has 3 aromatic rings. The molecule has 0 unspecified atom stereocenters. The second kappa shape index (κ2) is 10.4. The van der Waals surface area contributed by atoms with Crippen molar-refractivity contribution in [2.24, 2.45) is 11.8 Å². The van der Waals surface area contributed by atoms with Crippen LogP contribution in [0, 0.1) is 30.4 Å². The van der Waals surface area contributed by atoms with E-state index >= 15 is 4.39 Å². The first-order valence-corrected chi connectivity index (χ1v) is 15.6. The Hall–Kier alpha value is -3.03. The normalized spacial score (nSPS) is 22.9. The summed E-state index contributed by atoms with van der Waals surface area (Å²) in [5.41, 5.74) is -0.812. The molecule has 220 valence electrons. The quantitative estimate of drug-likeness (QED) is 0.243. The van der Waals surface area contributed by atoms with Crippen molar-refractivity contribution in [2.75, 3.05) is 13.2 Å². The summed E-state index contributed by atoms with van der Waals surface area (Å²) in [7, 11) is -8.95. The lowest BCUT2D eigenvalue weighted by molar-refractivity contribution is -0.137. The molecule has 0 saturated heterocycles. The van der Waals surface area contributed by atoms with Crippen LogP contribution in [0.4, 0.5) is 22.0 Å². The van der Waals surface area contributed by atoms with Gasteiger partial charge in [0.1, 0.15) is 10.6 Å². The molecule has 6 nitrogen and oxygen atoms in total. The van der Waals surface area contributed by atoms with E-state index in [1.54, 1.807) is 19.1 Å². The molecule has 0 radical (unpaired) electrons. The number of sulfone groups is 1. The number of alkyl halides is 3. The Bertz CT molecular complexity index is 1670. The highest BCUT2D eigenvalue weighted by atomic mass is 32.2. The van der Waals surface area contributed by atoms with E-state index in [0.717, 1.165) is 29.8 Å². The summed E-state index contributed by atoms with van der Waals surface area (Å²) in [6.07, 6.45) is -4.48. The first kappa shape index (κ1) is 29.5. The summed E-state index contributed by atoms with van der Waals surface area (Å²) in [5.74, 6) is -4.56. The molecule has 2 aliphatic rings. The van der Waals surface area contributed by atoms with Gasteiger partial charge in [-0.05, 0) is 74.2 Å². The van der Waals surface area contributed by atoms with Crippen LogP contribution < -0.4 is 4.74 Å². The van der Waals surface area contributed by atoms with E-state index in [9.17, 15) is 34.4 Å². The third-order valence-electron chi connectivity index (χ3n) is 7.90. The van der Waals surface area contributed by atoms with Gasteiger partial charge in [-0.25, -0.2) is 17.2 Å². The van der Waals surface area contributed by atoms with Crippen LogP contribution >= 0.6 is 0 Å². The maximum Gasteiger partial charge on any atom is 0.416 e. The van der Waals surface area contributed by atoms with Gasteiger partial charge in [0.05, 0.1) is 34.1 Å². The molecular weight excluding hydrogens is 591 g/mol. The highest BCUT2D eigenvalue weighted by Gasteiger charge is 2.61. The van der Waals surface area contributed by atoms with E-state index < -0.39 is 89.3 Å². The van der Waals surface area contributed by atoms with Crippen molar-refractivity contribution in [2.45, 2.75) is 46.9 Å². The molecule has 0 amide bonds. The Morgan fingerprint density at radius 1 is 0.902 bits per heavy atom. The summed E-state index contributed by atoms with van der Waals surface area (Å²) in [6, 6.07) is 10.3. The Labute approximate surface area is 234 Å². The second-order valence-electron chi connectivity index (χ2n) is 10.3. The number of hydrogen-bond donors (Lipinski definition) is 0. The van der Waals surface area contributed by atoms with Gasteiger partial charge in [-0.15, -0.1) is 0 Å². The van der Waals surface area contributed by atoms with Crippen LogP contribution in [0.1, 0.15) is 36.0 Å². The van der Waals surface area contributed by atoms with Gasteiger partial charge in [0, 0.05) is 5.92 Å². The van der Waals surface area contributed by atoms with Gasteiger partial charge < -0.3 is 4.74 Å². The molecule has 1 aliphatic heterocycles. The second-order valence-corrected chi connectivity index (χ2v) is 14.1. The molecule has 0 aromatic heterocycles. The lowest BCUT2D eigenvalue weighted by atomic mass is 9.67. The lowest BCUT2D eigenvalue weighted by Gasteiger charge is -2.50. The first-order valence-electron chi connectivity index (χ1n) is 12.7. The number of rotatable bonds is 6. The van der Waals surface area contributed by atoms with Crippen LogP contribution in [0.3, 0.4) is 0 Å². The van der Waals surface area contributed by atoms with Crippen molar-refractivity contribution < 1.29 is 47.7 Å². The summed E-state index contributed by atoms with van der Waals surface area (Å²) < 4.78 is 133. The average Bonchev–Trinajstić information content (AvgIpc) is 2.93. The molecule has 3 atom stereocenters. The number of benzene rings is 3. The van der Waals surface area contributed by atoms with Crippen LogP contribution in [-0.2, 0) is 35.1 Å². The molecule has 1 heterocycles. The molecule has 3 aromatic carbocycles. The minimum Gasteiger partial charge on any atom is -0.490 e. The van der Waals surface area contributed by atoms with Crippen LogP contribution in [0.15, 0.2) is 70.5 Å². The Morgan fingerprint density at radius 2 is 1.51 bits per heavy atom. The van der Waals surface area contributed by atoms with Crippen LogP contribution in [0.2, 0.25) is 0 Å². The van der Waals surface area contributed by atoms with Gasteiger partial charge in [-0.3, -0.25) is 4.18 Å². The van der Waals surface area contributed by atoms with Crippen molar-refractivity contribution in [1.82, 2.24) is 0 Å². The average molecular weight is 617 g/mol.